The summed E-state index contributed by atoms with van der Waals surface area (Å²) in [5.41, 5.74) is 0. The van der Waals surface area contributed by atoms with Crippen molar-refractivity contribution in [2.45, 2.75) is 72.3 Å². The van der Waals surface area contributed by atoms with Crippen LogP contribution in [0.5, 0.6) is 0 Å². The highest BCUT2D eigenvalue weighted by atomic mass is 35.6. The van der Waals surface area contributed by atoms with E-state index in [1.54, 1.807) is 0 Å². The van der Waals surface area contributed by atoms with Gasteiger partial charge in [-0.15, -0.1) is 34.8 Å². The molecule has 0 aliphatic carbocycles. The van der Waals surface area contributed by atoms with Crippen molar-refractivity contribution in [2.75, 3.05) is 5.88 Å². The largest absolute Gasteiger partial charge is 0.192 e. The molecule has 0 rings (SSSR count). The third kappa shape index (κ3) is 15.9. The van der Waals surface area contributed by atoms with E-state index in [4.69, 9.17) is 69.6 Å². The SMILES string of the molecule is ClC[C@H](Cl)CCCCCCCC[C@@H](Cl)CC(Cl)(Cl)Cl. The second-order valence-electron chi connectivity index (χ2n) is 4.87. The maximum Gasteiger partial charge on any atom is 0.192 e. The lowest BCUT2D eigenvalue weighted by Gasteiger charge is -2.15. The number of hydrogen-bond donors (Lipinski definition) is 0. The summed E-state index contributed by atoms with van der Waals surface area (Å²) in [6.45, 7) is 0. The fourth-order valence-corrected chi connectivity index (χ4v) is 3.36. The lowest BCUT2D eigenvalue weighted by Crippen LogP contribution is -2.11. The highest BCUT2D eigenvalue weighted by Gasteiger charge is 2.23. The minimum Gasteiger partial charge on any atom is -0.125 e. The Bertz CT molecular complexity index is 204. The van der Waals surface area contributed by atoms with E-state index in [1.807, 2.05) is 0 Å². The molecule has 0 saturated heterocycles. The second-order valence-corrected chi connectivity index (χ2v) is 8.93. The van der Waals surface area contributed by atoms with Gasteiger partial charge in [-0.2, -0.15) is 0 Å². The van der Waals surface area contributed by atoms with Crippen molar-refractivity contribution in [3.05, 3.63) is 0 Å². The molecule has 0 aliphatic heterocycles. The van der Waals surface area contributed by atoms with E-state index in [2.05, 4.69) is 0 Å². The highest BCUT2D eigenvalue weighted by Crippen LogP contribution is 2.34. The Morgan fingerprint density at radius 2 is 1.11 bits per heavy atom. The molecule has 0 aromatic carbocycles. The predicted octanol–water partition coefficient (Wildman–Crippen LogP) is 7.32. The molecule has 0 bridgehead atoms. The molecule has 0 aliphatic rings. The van der Waals surface area contributed by atoms with Crippen molar-refractivity contribution in [3.8, 4) is 0 Å². The van der Waals surface area contributed by atoms with Crippen LogP contribution in [0.2, 0.25) is 0 Å². The Morgan fingerprint density at radius 1 is 0.684 bits per heavy atom. The van der Waals surface area contributed by atoms with Gasteiger partial charge in [0.1, 0.15) is 0 Å². The first kappa shape index (κ1) is 20.7. The van der Waals surface area contributed by atoms with Gasteiger partial charge in [-0.05, 0) is 12.8 Å². The molecule has 6 heteroatoms. The Hall–Kier alpha value is 1.74. The number of rotatable bonds is 11. The van der Waals surface area contributed by atoms with Crippen LogP contribution in [0.15, 0.2) is 0 Å². The fraction of sp³-hybridized carbons (Fsp3) is 1.00. The van der Waals surface area contributed by atoms with Crippen molar-refractivity contribution in [1.29, 1.82) is 0 Å². The standard InChI is InChI=1S/C13H22Cl6/c14-10-12(16)8-6-4-2-1-3-5-7-11(15)9-13(17,18)19/h11-12H,1-10H2/t11-,12-/m1/s1. The maximum atomic E-state index is 6.10. The quantitative estimate of drug-likeness (QED) is 0.256. The van der Waals surface area contributed by atoms with E-state index >= 15 is 0 Å². The van der Waals surface area contributed by atoms with Crippen LogP contribution in [0.1, 0.15) is 57.8 Å². The van der Waals surface area contributed by atoms with Crippen LogP contribution < -0.4 is 0 Å². The molecular weight excluding hydrogens is 369 g/mol. The van der Waals surface area contributed by atoms with E-state index in [0.717, 1.165) is 25.7 Å². The van der Waals surface area contributed by atoms with Crippen LogP contribution in [0.25, 0.3) is 0 Å². The van der Waals surface area contributed by atoms with E-state index in [9.17, 15) is 0 Å². The third-order valence-electron chi connectivity index (χ3n) is 2.91. The average molecular weight is 391 g/mol. The molecule has 19 heavy (non-hydrogen) atoms. The molecule has 0 nitrogen and oxygen atoms in total. The summed E-state index contributed by atoms with van der Waals surface area (Å²) in [5, 5.41) is 0.0776. The molecule has 0 spiro atoms. The van der Waals surface area contributed by atoms with E-state index in [1.165, 1.54) is 25.7 Å². The summed E-state index contributed by atoms with van der Waals surface area (Å²) in [6, 6.07) is 0. The fourth-order valence-electron chi connectivity index (χ4n) is 1.87. The van der Waals surface area contributed by atoms with Crippen LogP contribution in [-0.4, -0.2) is 20.4 Å². The first-order chi connectivity index (χ1) is 8.85. The monoisotopic (exact) mass is 388 g/mol. The molecular formula is C13H22Cl6. The van der Waals surface area contributed by atoms with E-state index in [-0.39, 0.29) is 10.8 Å². The van der Waals surface area contributed by atoms with Crippen LogP contribution >= 0.6 is 69.6 Å². The molecule has 0 unspecified atom stereocenters. The lowest BCUT2D eigenvalue weighted by molar-refractivity contribution is 0.554. The first-order valence-corrected chi connectivity index (χ1v) is 9.30. The van der Waals surface area contributed by atoms with Gasteiger partial charge in [-0.1, -0.05) is 73.3 Å². The second kappa shape index (κ2) is 12.3. The van der Waals surface area contributed by atoms with Gasteiger partial charge in [-0.3, -0.25) is 0 Å². The van der Waals surface area contributed by atoms with E-state index < -0.39 is 3.79 Å². The number of unbranched alkanes of at least 4 members (excludes halogenated alkanes) is 5. The highest BCUT2D eigenvalue weighted by molar-refractivity contribution is 6.67. The zero-order chi connectivity index (χ0) is 14.7. The predicted molar refractivity (Wildman–Crippen MR) is 91.8 cm³/mol. The van der Waals surface area contributed by atoms with Crippen molar-refractivity contribution < 1.29 is 0 Å². The van der Waals surface area contributed by atoms with Crippen LogP contribution in [-0.2, 0) is 0 Å². The third-order valence-corrected chi connectivity index (χ3v) is 4.64. The summed E-state index contributed by atoms with van der Waals surface area (Å²) >= 11 is 34.7. The molecule has 2 atom stereocenters. The number of alkyl halides is 6. The van der Waals surface area contributed by atoms with E-state index in [0.29, 0.717) is 12.3 Å². The molecule has 0 fully saturated rings. The Kier molecular flexibility index (Phi) is 13.4. The Morgan fingerprint density at radius 3 is 1.53 bits per heavy atom. The minimum absolute atomic E-state index is 0.0479. The molecule has 0 heterocycles. The van der Waals surface area contributed by atoms with Crippen LogP contribution in [0.4, 0.5) is 0 Å². The first-order valence-electron chi connectivity index (χ1n) is 6.76. The topological polar surface area (TPSA) is 0 Å². The Labute approximate surface area is 147 Å². The molecule has 0 radical (unpaired) electrons. The van der Waals surface area contributed by atoms with Crippen LogP contribution in [0, 0.1) is 0 Å². The summed E-state index contributed by atoms with van der Waals surface area (Å²) < 4.78 is -1.23. The minimum atomic E-state index is -1.23. The number of halogens is 6. The van der Waals surface area contributed by atoms with Crippen molar-refractivity contribution in [2.24, 2.45) is 0 Å². The summed E-state index contributed by atoms with van der Waals surface area (Å²) in [6.07, 6.45) is 9.45. The lowest BCUT2D eigenvalue weighted by atomic mass is 10.1. The van der Waals surface area contributed by atoms with Crippen molar-refractivity contribution in [1.82, 2.24) is 0 Å². The molecule has 0 saturated carbocycles. The molecule has 0 amide bonds. The zero-order valence-corrected chi connectivity index (χ0v) is 15.5. The van der Waals surface area contributed by atoms with Gasteiger partial charge < -0.3 is 0 Å². The number of hydrogen-bond acceptors (Lipinski definition) is 0. The molecule has 0 N–H and O–H groups in total. The van der Waals surface area contributed by atoms with Gasteiger partial charge in [-0.25, -0.2) is 0 Å². The normalized spacial score (nSPS) is 15.5. The van der Waals surface area contributed by atoms with Gasteiger partial charge in [0, 0.05) is 23.1 Å². The smallest absolute Gasteiger partial charge is 0.125 e. The summed E-state index contributed by atoms with van der Waals surface area (Å²) in [5.74, 6) is 0.544. The van der Waals surface area contributed by atoms with Crippen molar-refractivity contribution in [3.63, 3.8) is 0 Å². The van der Waals surface area contributed by atoms with Crippen molar-refractivity contribution >= 4 is 69.6 Å². The van der Waals surface area contributed by atoms with Gasteiger partial charge in [0.25, 0.3) is 0 Å². The summed E-state index contributed by atoms with van der Waals surface area (Å²) in [7, 11) is 0. The average Bonchev–Trinajstić information content (AvgIpc) is 2.29. The van der Waals surface area contributed by atoms with Gasteiger partial charge in [0.15, 0.2) is 3.79 Å². The Balaban J connectivity index is 3.27. The van der Waals surface area contributed by atoms with Crippen LogP contribution in [0.3, 0.4) is 0 Å². The summed E-state index contributed by atoms with van der Waals surface area (Å²) in [4.78, 5) is 0. The molecule has 0 aromatic heterocycles. The van der Waals surface area contributed by atoms with Gasteiger partial charge in [0.05, 0.1) is 0 Å². The molecule has 116 valence electrons. The zero-order valence-electron chi connectivity index (χ0n) is 11.0. The molecule has 0 aromatic rings. The van der Waals surface area contributed by atoms with Gasteiger partial charge >= 0.3 is 0 Å². The maximum absolute atomic E-state index is 6.10. The van der Waals surface area contributed by atoms with Gasteiger partial charge in [0.2, 0.25) is 0 Å².